The molecule has 3 heterocycles. The Labute approximate surface area is 172 Å². The van der Waals surface area contributed by atoms with E-state index in [9.17, 15) is 5.11 Å². The third kappa shape index (κ3) is 3.78. The molecule has 1 atom stereocenters. The molecule has 1 unspecified atom stereocenters. The predicted octanol–water partition coefficient (Wildman–Crippen LogP) is 3.20. The lowest BCUT2D eigenvalue weighted by atomic mass is 10.0. The molecule has 4 aromatic rings. The van der Waals surface area contributed by atoms with E-state index in [1.807, 2.05) is 30.3 Å². The van der Waals surface area contributed by atoms with Crippen molar-refractivity contribution in [1.82, 2.24) is 20.1 Å². The summed E-state index contributed by atoms with van der Waals surface area (Å²) >= 11 is 0. The standard InChI is InChI=1S/C21H20N6O3/c1-12-17(18(27-30-12)13-6-4-3-5-7-13)19(28)25-16-9-8-15(26-20(16)29-2)14-10-23-21(22)24-11-14/h3-11,19,25,28H,1-2H3,(H2,22,23,24). The van der Waals surface area contributed by atoms with E-state index in [0.29, 0.717) is 39.8 Å². The Morgan fingerprint density at radius 2 is 1.80 bits per heavy atom. The Bertz CT molecular complexity index is 1150. The van der Waals surface area contributed by atoms with Crippen molar-refractivity contribution in [1.29, 1.82) is 0 Å². The van der Waals surface area contributed by atoms with Gasteiger partial charge in [-0.15, -0.1) is 0 Å². The highest BCUT2D eigenvalue weighted by molar-refractivity contribution is 5.67. The van der Waals surface area contributed by atoms with E-state index < -0.39 is 6.23 Å². The molecule has 0 aliphatic rings. The first-order valence-corrected chi connectivity index (χ1v) is 9.16. The molecule has 4 N–H and O–H groups in total. The van der Waals surface area contributed by atoms with Gasteiger partial charge in [0.25, 0.3) is 0 Å². The van der Waals surface area contributed by atoms with E-state index in [-0.39, 0.29) is 5.95 Å². The summed E-state index contributed by atoms with van der Waals surface area (Å²) in [6.45, 7) is 1.75. The first-order chi connectivity index (χ1) is 14.6. The summed E-state index contributed by atoms with van der Waals surface area (Å²) in [6, 6.07) is 13.0. The van der Waals surface area contributed by atoms with Gasteiger partial charge >= 0.3 is 0 Å². The number of aliphatic hydroxyl groups excluding tert-OH is 1. The second kappa shape index (κ2) is 8.18. The number of methoxy groups -OCH3 is 1. The van der Waals surface area contributed by atoms with Crippen LogP contribution in [0.5, 0.6) is 5.88 Å². The second-order valence-corrected chi connectivity index (χ2v) is 6.50. The number of aryl methyl sites for hydroxylation is 1. The Morgan fingerprint density at radius 1 is 1.07 bits per heavy atom. The second-order valence-electron chi connectivity index (χ2n) is 6.50. The molecular weight excluding hydrogens is 384 g/mol. The van der Waals surface area contributed by atoms with Gasteiger partial charge in [0.15, 0.2) is 6.23 Å². The maximum absolute atomic E-state index is 10.9. The summed E-state index contributed by atoms with van der Waals surface area (Å²) in [4.78, 5) is 12.4. The van der Waals surface area contributed by atoms with E-state index in [1.165, 1.54) is 7.11 Å². The number of nitrogen functional groups attached to an aromatic ring is 1. The van der Waals surface area contributed by atoms with Crippen LogP contribution in [0.15, 0.2) is 59.4 Å². The fraction of sp³-hybridized carbons (Fsp3) is 0.143. The summed E-state index contributed by atoms with van der Waals surface area (Å²) in [5, 5.41) is 18.0. The number of nitrogens with two attached hydrogens (primary N) is 1. The monoisotopic (exact) mass is 404 g/mol. The van der Waals surface area contributed by atoms with E-state index in [0.717, 1.165) is 5.56 Å². The predicted molar refractivity (Wildman–Crippen MR) is 111 cm³/mol. The third-order valence-corrected chi connectivity index (χ3v) is 4.54. The number of rotatable bonds is 6. The van der Waals surface area contributed by atoms with Crippen LogP contribution in [0.4, 0.5) is 11.6 Å². The average Bonchev–Trinajstić information content (AvgIpc) is 3.16. The maximum atomic E-state index is 10.9. The zero-order valence-electron chi connectivity index (χ0n) is 16.4. The lowest BCUT2D eigenvalue weighted by molar-refractivity contribution is 0.205. The fourth-order valence-electron chi connectivity index (χ4n) is 3.06. The highest BCUT2D eigenvalue weighted by Crippen LogP contribution is 2.33. The molecular formula is C21H20N6O3. The molecule has 0 fully saturated rings. The van der Waals surface area contributed by atoms with Gasteiger partial charge in [-0.1, -0.05) is 35.5 Å². The van der Waals surface area contributed by atoms with Crippen molar-refractivity contribution in [2.75, 3.05) is 18.2 Å². The van der Waals surface area contributed by atoms with E-state index >= 15 is 0 Å². The van der Waals surface area contributed by atoms with E-state index in [1.54, 1.807) is 31.5 Å². The topological polar surface area (TPSA) is 132 Å². The number of nitrogens with zero attached hydrogens (tertiary/aromatic N) is 4. The van der Waals surface area contributed by atoms with Crippen molar-refractivity contribution in [3.8, 4) is 28.4 Å². The average molecular weight is 404 g/mol. The molecule has 3 aromatic heterocycles. The summed E-state index contributed by atoms with van der Waals surface area (Å²) in [5.41, 5.74) is 9.29. The van der Waals surface area contributed by atoms with Crippen molar-refractivity contribution in [2.45, 2.75) is 13.2 Å². The summed E-state index contributed by atoms with van der Waals surface area (Å²) < 4.78 is 10.7. The van der Waals surface area contributed by atoms with Crippen LogP contribution in [0, 0.1) is 6.92 Å². The Hall–Kier alpha value is -3.98. The SMILES string of the molecule is COc1nc(-c2cnc(N)nc2)ccc1NC(O)c1c(-c2ccccc2)noc1C. The summed E-state index contributed by atoms with van der Waals surface area (Å²) in [5.74, 6) is 1.00. The summed E-state index contributed by atoms with van der Waals surface area (Å²) in [7, 11) is 1.50. The number of anilines is 2. The molecule has 0 bridgehead atoms. The van der Waals surface area contributed by atoms with Crippen LogP contribution in [0.1, 0.15) is 17.6 Å². The molecule has 152 valence electrons. The molecule has 30 heavy (non-hydrogen) atoms. The van der Waals surface area contributed by atoms with Crippen LogP contribution in [-0.4, -0.2) is 32.3 Å². The highest BCUT2D eigenvalue weighted by Gasteiger charge is 2.23. The van der Waals surface area contributed by atoms with Gasteiger partial charge in [-0.2, -0.15) is 0 Å². The first kappa shape index (κ1) is 19.3. The lowest BCUT2D eigenvalue weighted by Gasteiger charge is -2.17. The number of aliphatic hydroxyl groups is 1. The van der Waals surface area contributed by atoms with Gasteiger partial charge in [-0.05, 0) is 19.1 Å². The smallest absolute Gasteiger partial charge is 0.237 e. The lowest BCUT2D eigenvalue weighted by Crippen LogP contribution is -2.12. The van der Waals surface area contributed by atoms with Crippen molar-refractivity contribution < 1.29 is 14.4 Å². The molecule has 0 saturated carbocycles. The number of hydrogen-bond acceptors (Lipinski definition) is 9. The van der Waals surface area contributed by atoms with Crippen LogP contribution < -0.4 is 15.8 Å². The molecule has 0 aliphatic carbocycles. The van der Waals surface area contributed by atoms with Crippen LogP contribution in [0.25, 0.3) is 22.5 Å². The number of pyridine rings is 1. The molecule has 0 spiro atoms. The van der Waals surface area contributed by atoms with E-state index in [2.05, 4.69) is 25.4 Å². The van der Waals surface area contributed by atoms with Gasteiger partial charge in [0, 0.05) is 23.5 Å². The molecule has 9 nitrogen and oxygen atoms in total. The minimum Gasteiger partial charge on any atom is -0.480 e. The number of hydrogen-bond donors (Lipinski definition) is 3. The molecule has 4 rings (SSSR count). The third-order valence-electron chi connectivity index (χ3n) is 4.54. The minimum atomic E-state index is -1.09. The highest BCUT2D eigenvalue weighted by atomic mass is 16.5. The Morgan fingerprint density at radius 3 is 2.50 bits per heavy atom. The van der Waals surface area contributed by atoms with Crippen molar-refractivity contribution in [3.05, 3.63) is 66.2 Å². The zero-order chi connectivity index (χ0) is 21.1. The van der Waals surface area contributed by atoms with Crippen LogP contribution in [0.2, 0.25) is 0 Å². The van der Waals surface area contributed by atoms with Gasteiger partial charge in [0.05, 0.1) is 24.1 Å². The van der Waals surface area contributed by atoms with Crippen LogP contribution in [-0.2, 0) is 0 Å². The van der Waals surface area contributed by atoms with E-state index in [4.69, 9.17) is 15.0 Å². The van der Waals surface area contributed by atoms with Gasteiger partial charge in [0.1, 0.15) is 11.5 Å². The Kier molecular flexibility index (Phi) is 5.27. The molecule has 0 amide bonds. The number of aromatic nitrogens is 4. The Balaban J connectivity index is 1.63. The molecule has 0 aliphatic heterocycles. The quantitative estimate of drug-likeness (QED) is 0.414. The van der Waals surface area contributed by atoms with Gasteiger partial charge < -0.3 is 25.4 Å². The van der Waals surface area contributed by atoms with Crippen LogP contribution >= 0.6 is 0 Å². The maximum Gasteiger partial charge on any atom is 0.237 e. The van der Waals surface area contributed by atoms with Crippen molar-refractivity contribution in [2.24, 2.45) is 0 Å². The molecule has 0 radical (unpaired) electrons. The normalized spacial score (nSPS) is 11.8. The van der Waals surface area contributed by atoms with Crippen molar-refractivity contribution >= 4 is 11.6 Å². The van der Waals surface area contributed by atoms with Crippen molar-refractivity contribution in [3.63, 3.8) is 0 Å². The largest absolute Gasteiger partial charge is 0.480 e. The van der Waals surface area contributed by atoms with Crippen LogP contribution in [0.3, 0.4) is 0 Å². The molecule has 0 saturated heterocycles. The fourth-order valence-corrected chi connectivity index (χ4v) is 3.06. The number of nitrogens with one attached hydrogen (secondary N) is 1. The molecule has 1 aromatic carbocycles. The minimum absolute atomic E-state index is 0.186. The zero-order valence-corrected chi connectivity index (χ0v) is 16.4. The summed E-state index contributed by atoms with van der Waals surface area (Å²) in [6.07, 6.45) is 2.07. The number of ether oxygens (including phenoxy) is 1. The number of benzene rings is 1. The van der Waals surface area contributed by atoms with Gasteiger partial charge in [-0.25, -0.2) is 15.0 Å². The van der Waals surface area contributed by atoms with Gasteiger partial charge in [-0.3, -0.25) is 0 Å². The molecule has 9 heteroatoms. The first-order valence-electron chi connectivity index (χ1n) is 9.16. The van der Waals surface area contributed by atoms with Gasteiger partial charge in [0.2, 0.25) is 11.8 Å².